The van der Waals surface area contributed by atoms with Crippen molar-refractivity contribution >= 4 is 0 Å². The monoisotopic (exact) mass is 201 g/mol. The van der Waals surface area contributed by atoms with Gasteiger partial charge in [0.05, 0.1) is 0 Å². The van der Waals surface area contributed by atoms with Crippen LogP contribution < -0.4 is 5.73 Å². The summed E-state index contributed by atoms with van der Waals surface area (Å²) in [7, 11) is 0. The van der Waals surface area contributed by atoms with Gasteiger partial charge in [-0.25, -0.2) is 13.2 Å². The van der Waals surface area contributed by atoms with Gasteiger partial charge in [0.25, 0.3) is 0 Å². The highest BCUT2D eigenvalue weighted by Gasteiger charge is 2.38. The molecule has 4 heteroatoms. The summed E-state index contributed by atoms with van der Waals surface area (Å²) in [6, 6.07) is 1.45. The summed E-state index contributed by atoms with van der Waals surface area (Å²) in [5.74, 6) is -2.90. The van der Waals surface area contributed by atoms with Gasteiger partial charge >= 0.3 is 0 Å². The lowest BCUT2D eigenvalue weighted by Gasteiger charge is -2.09. The molecule has 0 aromatic heterocycles. The van der Waals surface area contributed by atoms with Crippen molar-refractivity contribution in [2.24, 2.45) is 5.73 Å². The fourth-order valence-corrected chi connectivity index (χ4v) is 1.42. The summed E-state index contributed by atoms with van der Waals surface area (Å²) in [5, 5.41) is 0. The third-order valence-corrected chi connectivity index (χ3v) is 2.52. The summed E-state index contributed by atoms with van der Waals surface area (Å²) in [4.78, 5) is 0. The summed E-state index contributed by atoms with van der Waals surface area (Å²) < 4.78 is 38.5. The third-order valence-electron chi connectivity index (χ3n) is 2.52. The summed E-state index contributed by atoms with van der Waals surface area (Å²) in [5.41, 5.74) is 5.51. The van der Waals surface area contributed by atoms with Crippen molar-refractivity contribution in [3.8, 4) is 0 Å². The second-order valence-corrected chi connectivity index (χ2v) is 3.90. The number of hydrogen-bond donors (Lipinski definition) is 1. The van der Waals surface area contributed by atoms with Gasteiger partial charge in [-0.1, -0.05) is 0 Å². The van der Waals surface area contributed by atoms with Crippen molar-refractivity contribution in [2.75, 3.05) is 0 Å². The molecule has 0 aliphatic heterocycles. The zero-order valence-electron chi connectivity index (χ0n) is 7.49. The van der Waals surface area contributed by atoms with Crippen LogP contribution in [-0.4, -0.2) is 5.54 Å². The Morgan fingerprint density at radius 3 is 2.21 bits per heavy atom. The van der Waals surface area contributed by atoms with E-state index >= 15 is 0 Å². The van der Waals surface area contributed by atoms with Crippen LogP contribution in [0.5, 0.6) is 0 Å². The van der Waals surface area contributed by atoms with Crippen LogP contribution in [0.2, 0.25) is 0 Å². The van der Waals surface area contributed by atoms with E-state index in [-0.39, 0.29) is 12.0 Å². The van der Waals surface area contributed by atoms with Crippen LogP contribution >= 0.6 is 0 Å². The molecule has 1 aliphatic carbocycles. The van der Waals surface area contributed by atoms with Gasteiger partial charge in [-0.15, -0.1) is 0 Å². The second kappa shape index (κ2) is 2.98. The SMILES string of the molecule is NC1(Cc2cc(F)c(F)cc2F)CC1. The highest BCUT2D eigenvalue weighted by molar-refractivity contribution is 5.24. The number of rotatable bonds is 2. The van der Waals surface area contributed by atoms with E-state index in [2.05, 4.69) is 0 Å². The minimum absolute atomic E-state index is 0.156. The maximum Gasteiger partial charge on any atom is 0.161 e. The lowest BCUT2D eigenvalue weighted by atomic mass is 10.0. The number of benzene rings is 1. The number of halogens is 3. The third kappa shape index (κ3) is 1.75. The molecule has 0 amide bonds. The molecule has 0 unspecified atom stereocenters. The molecule has 1 aliphatic rings. The molecular formula is C10H10F3N. The maximum absolute atomic E-state index is 13.1. The lowest BCUT2D eigenvalue weighted by molar-refractivity contribution is 0.486. The molecule has 1 aromatic carbocycles. The molecule has 0 heterocycles. The molecule has 1 fully saturated rings. The van der Waals surface area contributed by atoms with Crippen LogP contribution in [0.15, 0.2) is 12.1 Å². The second-order valence-electron chi connectivity index (χ2n) is 3.90. The standard InChI is InChI=1S/C10H10F3N/c11-7-4-9(13)8(12)3-6(7)5-10(14)1-2-10/h3-4H,1-2,5,14H2. The van der Waals surface area contributed by atoms with Crippen molar-refractivity contribution < 1.29 is 13.2 Å². The van der Waals surface area contributed by atoms with Crippen molar-refractivity contribution in [3.63, 3.8) is 0 Å². The molecule has 1 aromatic rings. The molecule has 0 spiro atoms. The zero-order chi connectivity index (χ0) is 10.3. The summed E-state index contributed by atoms with van der Waals surface area (Å²) in [6.45, 7) is 0. The molecule has 76 valence electrons. The Labute approximate surface area is 79.7 Å². The Balaban J connectivity index is 2.29. The first-order chi connectivity index (χ1) is 6.50. The van der Waals surface area contributed by atoms with Crippen molar-refractivity contribution in [2.45, 2.75) is 24.8 Å². The Morgan fingerprint density at radius 2 is 1.64 bits per heavy atom. The van der Waals surface area contributed by atoms with Crippen LogP contribution in [0.4, 0.5) is 13.2 Å². The van der Waals surface area contributed by atoms with E-state index in [0.29, 0.717) is 6.07 Å². The van der Waals surface area contributed by atoms with Crippen LogP contribution in [0.3, 0.4) is 0 Å². The zero-order valence-corrected chi connectivity index (χ0v) is 7.49. The first kappa shape index (κ1) is 9.52. The Bertz CT molecular complexity index is 372. The van der Waals surface area contributed by atoms with Crippen molar-refractivity contribution in [3.05, 3.63) is 35.1 Å². The molecule has 0 saturated heterocycles. The Hall–Kier alpha value is -1.03. The van der Waals surface area contributed by atoms with E-state index < -0.39 is 23.0 Å². The molecular weight excluding hydrogens is 191 g/mol. The predicted octanol–water partition coefficient (Wildman–Crippen LogP) is 2.14. The Kier molecular flexibility index (Phi) is 2.03. The maximum atomic E-state index is 13.1. The molecule has 1 nitrogen and oxygen atoms in total. The fourth-order valence-electron chi connectivity index (χ4n) is 1.42. The van der Waals surface area contributed by atoms with Crippen molar-refractivity contribution in [1.82, 2.24) is 0 Å². The van der Waals surface area contributed by atoms with Gasteiger partial charge in [-0.3, -0.25) is 0 Å². The molecule has 2 N–H and O–H groups in total. The quantitative estimate of drug-likeness (QED) is 0.729. The van der Waals surface area contributed by atoms with E-state index in [1.807, 2.05) is 0 Å². The first-order valence-electron chi connectivity index (χ1n) is 4.42. The van der Waals surface area contributed by atoms with Gasteiger partial charge in [0.1, 0.15) is 5.82 Å². The van der Waals surface area contributed by atoms with Crippen LogP contribution in [0.1, 0.15) is 18.4 Å². The largest absolute Gasteiger partial charge is 0.325 e. The van der Waals surface area contributed by atoms with Crippen LogP contribution in [0, 0.1) is 17.5 Å². The fraction of sp³-hybridized carbons (Fsp3) is 0.400. The topological polar surface area (TPSA) is 26.0 Å². The first-order valence-corrected chi connectivity index (χ1v) is 4.42. The van der Waals surface area contributed by atoms with E-state index in [9.17, 15) is 13.2 Å². The van der Waals surface area contributed by atoms with Gasteiger partial charge in [0.2, 0.25) is 0 Å². The van der Waals surface area contributed by atoms with Gasteiger partial charge in [0.15, 0.2) is 11.6 Å². The highest BCUT2D eigenvalue weighted by Crippen LogP contribution is 2.36. The molecule has 1 saturated carbocycles. The van der Waals surface area contributed by atoms with E-state index in [0.717, 1.165) is 18.9 Å². The number of hydrogen-bond acceptors (Lipinski definition) is 1. The van der Waals surface area contributed by atoms with Gasteiger partial charge in [-0.2, -0.15) is 0 Å². The molecule has 14 heavy (non-hydrogen) atoms. The smallest absolute Gasteiger partial charge is 0.161 e. The van der Waals surface area contributed by atoms with Gasteiger partial charge in [-0.05, 0) is 30.9 Å². The normalized spacial score (nSPS) is 18.3. The highest BCUT2D eigenvalue weighted by atomic mass is 19.2. The average Bonchev–Trinajstić information content (AvgIpc) is 2.80. The predicted molar refractivity (Wildman–Crippen MR) is 46.2 cm³/mol. The molecule has 0 bridgehead atoms. The minimum Gasteiger partial charge on any atom is -0.325 e. The minimum atomic E-state index is -1.16. The van der Waals surface area contributed by atoms with Crippen LogP contribution in [0.25, 0.3) is 0 Å². The molecule has 2 rings (SSSR count). The van der Waals surface area contributed by atoms with E-state index in [1.165, 1.54) is 0 Å². The Morgan fingerprint density at radius 1 is 1.07 bits per heavy atom. The van der Waals surface area contributed by atoms with Gasteiger partial charge < -0.3 is 5.73 Å². The van der Waals surface area contributed by atoms with Gasteiger partial charge in [0, 0.05) is 11.6 Å². The summed E-state index contributed by atoms with van der Waals surface area (Å²) in [6.07, 6.45) is 1.90. The summed E-state index contributed by atoms with van der Waals surface area (Å²) >= 11 is 0. The average molecular weight is 201 g/mol. The molecule has 0 atom stereocenters. The number of nitrogens with two attached hydrogens (primary N) is 1. The molecule has 0 radical (unpaired) electrons. The van der Waals surface area contributed by atoms with E-state index in [1.54, 1.807) is 0 Å². The van der Waals surface area contributed by atoms with E-state index in [4.69, 9.17) is 5.73 Å². The van der Waals surface area contributed by atoms with Crippen molar-refractivity contribution in [1.29, 1.82) is 0 Å². The lowest BCUT2D eigenvalue weighted by Crippen LogP contribution is -2.25. The van der Waals surface area contributed by atoms with Crippen LogP contribution in [-0.2, 0) is 6.42 Å².